The van der Waals surface area contributed by atoms with Crippen LogP contribution >= 0.6 is 0 Å². The maximum absolute atomic E-state index is 9.98. The zero-order valence-corrected chi connectivity index (χ0v) is 11.1. The second-order valence-electron chi connectivity index (χ2n) is 2.73. The first-order valence-corrected chi connectivity index (χ1v) is 3.97. The molecule has 0 unspecified atom stereocenters. The molecule has 0 fully saturated rings. The van der Waals surface area contributed by atoms with E-state index in [1.165, 1.54) is 27.7 Å². The molecule has 0 aromatic carbocycles. The van der Waals surface area contributed by atoms with Crippen LogP contribution < -0.4 is 10.2 Å². The smallest absolute Gasteiger partial charge is 0.876 e. The van der Waals surface area contributed by atoms with E-state index in [0.717, 1.165) is 12.2 Å². The summed E-state index contributed by atoms with van der Waals surface area (Å²) in [5, 5.41) is 20.0. The van der Waals surface area contributed by atoms with Crippen LogP contribution in [-0.4, -0.2) is 22.5 Å². The first-order valence-electron chi connectivity index (χ1n) is 3.97. The standard InChI is InChI=1S/2C5H8O2.Ni.2H2O/c2*1-4(6)3-5(2)7;;;/h2*3,6H,1-2H3;;2*1H2/q;;+2;;/p-2/b2*4-3-;;;. The fourth-order valence-corrected chi connectivity index (χ4v) is 0.572. The number of carbonyl (C=O) groups excluding carboxylic acids is 2. The molecule has 0 spiro atoms. The largest absolute Gasteiger partial charge is 2.00 e. The molecule has 0 rings (SSSR count). The minimum absolute atomic E-state index is 0. The van der Waals surface area contributed by atoms with Gasteiger partial charge in [-0.2, -0.15) is 0 Å². The van der Waals surface area contributed by atoms with Crippen molar-refractivity contribution in [1.82, 2.24) is 0 Å². The molecule has 104 valence electrons. The molecule has 6 nitrogen and oxygen atoms in total. The average molecular weight is 293 g/mol. The van der Waals surface area contributed by atoms with Crippen molar-refractivity contribution in [2.24, 2.45) is 0 Å². The molecular weight excluding hydrogens is 275 g/mol. The number of rotatable bonds is 2. The van der Waals surface area contributed by atoms with Crippen molar-refractivity contribution >= 4 is 11.6 Å². The Balaban J connectivity index is -0.0000000480. The number of allylic oxidation sites excluding steroid dienone is 4. The quantitative estimate of drug-likeness (QED) is 0.330. The van der Waals surface area contributed by atoms with Gasteiger partial charge in [0.1, 0.15) is 0 Å². The number of ketones is 2. The molecule has 0 aromatic rings. The molecule has 0 aliphatic rings. The van der Waals surface area contributed by atoms with E-state index in [0.29, 0.717) is 0 Å². The van der Waals surface area contributed by atoms with Gasteiger partial charge in [0.05, 0.1) is 0 Å². The molecule has 4 N–H and O–H groups in total. The van der Waals surface area contributed by atoms with Gasteiger partial charge in [0.15, 0.2) is 11.6 Å². The van der Waals surface area contributed by atoms with Crippen LogP contribution in [0.3, 0.4) is 0 Å². The first-order chi connectivity index (χ1) is 6.25. The molecule has 0 amide bonds. The Labute approximate surface area is 111 Å². The van der Waals surface area contributed by atoms with E-state index >= 15 is 0 Å². The van der Waals surface area contributed by atoms with Gasteiger partial charge in [0.25, 0.3) is 0 Å². The molecule has 17 heavy (non-hydrogen) atoms. The Bertz CT molecular complexity index is 234. The van der Waals surface area contributed by atoms with E-state index in [1.807, 2.05) is 0 Å². The van der Waals surface area contributed by atoms with E-state index in [2.05, 4.69) is 0 Å². The van der Waals surface area contributed by atoms with Crippen LogP contribution in [-0.2, 0) is 26.1 Å². The van der Waals surface area contributed by atoms with Crippen molar-refractivity contribution in [3.63, 3.8) is 0 Å². The Morgan fingerprint density at radius 3 is 0.941 bits per heavy atom. The molecule has 7 heteroatoms. The van der Waals surface area contributed by atoms with E-state index in [1.54, 1.807) is 0 Å². The summed E-state index contributed by atoms with van der Waals surface area (Å²) >= 11 is 0. The summed E-state index contributed by atoms with van der Waals surface area (Å²) < 4.78 is 0. The van der Waals surface area contributed by atoms with Gasteiger partial charge in [-0.3, -0.25) is 9.59 Å². The monoisotopic (exact) mass is 292 g/mol. The normalized spacial score (nSPS) is 9.41. The summed E-state index contributed by atoms with van der Waals surface area (Å²) in [5.74, 6) is -0.750. The minimum Gasteiger partial charge on any atom is -0.876 e. The van der Waals surface area contributed by atoms with Crippen LogP contribution in [0.5, 0.6) is 0 Å². The maximum atomic E-state index is 9.98. The van der Waals surface area contributed by atoms with Crippen LogP contribution in [0.2, 0.25) is 0 Å². The minimum atomic E-state index is -0.187. The molecule has 0 atom stereocenters. The van der Waals surface area contributed by atoms with E-state index in [-0.39, 0.29) is 50.5 Å². The van der Waals surface area contributed by atoms with E-state index in [4.69, 9.17) is 0 Å². The average Bonchev–Trinajstić information content (AvgIpc) is 1.79. The van der Waals surface area contributed by atoms with Gasteiger partial charge in [-0.05, 0) is 26.0 Å². The van der Waals surface area contributed by atoms with Crippen LogP contribution in [0, 0.1) is 0 Å². The third-order valence-corrected chi connectivity index (χ3v) is 0.813. The molecule has 0 saturated carbocycles. The zero-order chi connectivity index (χ0) is 11.7. The van der Waals surface area contributed by atoms with Crippen molar-refractivity contribution in [2.45, 2.75) is 27.7 Å². The van der Waals surface area contributed by atoms with Gasteiger partial charge >= 0.3 is 16.5 Å². The molecule has 0 bridgehead atoms. The molecule has 0 saturated heterocycles. The van der Waals surface area contributed by atoms with Crippen molar-refractivity contribution in [1.29, 1.82) is 0 Å². The Kier molecular flexibility index (Phi) is 30.1. The predicted octanol–water partition coefficient (Wildman–Crippen LogP) is -1.97. The molecule has 0 heterocycles. The third-order valence-electron chi connectivity index (χ3n) is 0.813. The number of carbonyl (C=O) groups is 2. The van der Waals surface area contributed by atoms with Crippen molar-refractivity contribution in [2.75, 3.05) is 0 Å². The van der Waals surface area contributed by atoms with Gasteiger partial charge in [-0.1, -0.05) is 13.8 Å². The topological polar surface area (TPSA) is 143 Å². The van der Waals surface area contributed by atoms with Gasteiger partial charge in [-0.15, -0.1) is 11.5 Å². The summed E-state index contributed by atoms with van der Waals surface area (Å²) in [4.78, 5) is 20.0. The number of hydrogen-bond acceptors (Lipinski definition) is 4. The maximum Gasteiger partial charge on any atom is 2.00 e. The molecule has 0 aromatic heterocycles. The zero-order valence-electron chi connectivity index (χ0n) is 10.1. The molecular formula is C10H18NiO6. The predicted molar refractivity (Wildman–Crippen MR) is 56.1 cm³/mol. The fraction of sp³-hybridized carbons (Fsp3) is 0.400. The Morgan fingerprint density at radius 2 is 0.941 bits per heavy atom. The first kappa shape index (κ1) is 29.7. The van der Waals surface area contributed by atoms with Crippen LogP contribution in [0.25, 0.3) is 0 Å². The van der Waals surface area contributed by atoms with Crippen LogP contribution in [0.1, 0.15) is 27.7 Å². The van der Waals surface area contributed by atoms with Gasteiger partial charge in [0, 0.05) is 0 Å². The van der Waals surface area contributed by atoms with Gasteiger partial charge < -0.3 is 21.2 Å². The molecule has 0 radical (unpaired) electrons. The van der Waals surface area contributed by atoms with E-state index < -0.39 is 0 Å². The number of hydrogen-bond donors (Lipinski definition) is 0. The van der Waals surface area contributed by atoms with Gasteiger partial charge in [-0.25, -0.2) is 0 Å². The summed E-state index contributed by atoms with van der Waals surface area (Å²) in [7, 11) is 0. The third kappa shape index (κ3) is 52.3. The van der Waals surface area contributed by atoms with E-state index in [9.17, 15) is 19.8 Å². The summed E-state index contributed by atoms with van der Waals surface area (Å²) in [6.07, 6.45) is 2.11. The van der Waals surface area contributed by atoms with Crippen molar-refractivity contribution < 1.29 is 47.2 Å². The summed E-state index contributed by atoms with van der Waals surface area (Å²) in [6.45, 7) is 5.39. The summed E-state index contributed by atoms with van der Waals surface area (Å²) in [6, 6.07) is 0. The van der Waals surface area contributed by atoms with Crippen LogP contribution in [0.4, 0.5) is 0 Å². The van der Waals surface area contributed by atoms with Crippen LogP contribution in [0.15, 0.2) is 23.7 Å². The Hall–Kier alpha value is -1.17. The second-order valence-corrected chi connectivity index (χ2v) is 2.73. The van der Waals surface area contributed by atoms with Crippen molar-refractivity contribution in [3.8, 4) is 0 Å². The Morgan fingerprint density at radius 1 is 0.765 bits per heavy atom. The van der Waals surface area contributed by atoms with Crippen molar-refractivity contribution in [3.05, 3.63) is 23.7 Å². The second kappa shape index (κ2) is 17.2. The molecule has 0 aliphatic heterocycles. The van der Waals surface area contributed by atoms with Gasteiger partial charge in [0.2, 0.25) is 0 Å². The SMILES string of the molecule is CC(=O)/C=C(/C)[O-].CC(=O)/C=C(/C)[O-].O.O.[Ni+2]. The fourth-order valence-electron chi connectivity index (χ4n) is 0.572. The molecule has 0 aliphatic carbocycles. The summed E-state index contributed by atoms with van der Waals surface area (Å²) in [5.41, 5.74) is 0.